The minimum Gasteiger partial charge on any atom is -0.508 e. The number of phenols is 1. The lowest BCUT2D eigenvalue weighted by atomic mass is 10.0. The lowest BCUT2D eigenvalue weighted by Gasteiger charge is -2.11. The third kappa shape index (κ3) is 2.22. The van der Waals surface area contributed by atoms with Crippen molar-refractivity contribution in [1.82, 2.24) is 0 Å². The van der Waals surface area contributed by atoms with Crippen LogP contribution in [0.5, 0.6) is 5.75 Å². The van der Waals surface area contributed by atoms with E-state index in [0.29, 0.717) is 12.1 Å². The smallest absolute Gasteiger partial charge is 0.120 e. The SMILES string of the molecule is N#CC[C@@H](N)c1cc(CN)ccc1O. The van der Waals surface area contributed by atoms with Crippen LogP contribution in [-0.4, -0.2) is 5.11 Å². The van der Waals surface area contributed by atoms with Gasteiger partial charge >= 0.3 is 0 Å². The van der Waals surface area contributed by atoms with Crippen molar-refractivity contribution in [1.29, 1.82) is 5.26 Å². The summed E-state index contributed by atoms with van der Waals surface area (Å²) in [5.74, 6) is 0.116. The summed E-state index contributed by atoms with van der Waals surface area (Å²) >= 11 is 0. The summed E-state index contributed by atoms with van der Waals surface area (Å²) < 4.78 is 0. The van der Waals surface area contributed by atoms with E-state index in [1.54, 1.807) is 18.2 Å². The number of rotatable bonds is 3. The van der Waals surface area contributed by atoms with Crippen LogP contribution in [-0.2, 0) is 6.54 Å². The summed E-state index contributed by atoms with van der Waals surface area (Å²) in [6.45, 7) is 0.395. The molecule has 14 heavy (non-hydrogen) atoms. The number of aromatic hydroxyl groups is 1. The number of nitriles is 1. The Bertz CT molecular complexity index is 357. The Kier molecular flexibility index (Phi) is 3.46. The molecule has 0 aliphatic rings. The van der Waals surface area contributed by atoms with Gasteiger partial charge in [0, 0.05) is 18.2 Å². The first-order chi connectivity index (χ1) is 6.69. The van der Waals surface area contributed by atoms with Gasteiger partial charge in [0.2, 0.25) is 0 Å². The summed E-state index contributed by atoms with van der Waals surface area (Å²) in [7, 11) is 0. The molecule has 1 aromatic rings. The third-order valence-corrected chi connectivity index (χ3v) is 2.04. The van der Waals surface area contributed by atoms with Crippen LogP contribution in [0.2, 0.25) is 0 Å². The zero-order valence-corrected chi connectivity index (χ0v) is 7.77. The van der Waals surface area contributed by atoms with Crippen molar-refractivity contribution in [2.45, 2.75) is 19.0 Å². The van der Waals surface area contributed by atoms with E-state index in [1.165, 1.54) is 0 Å². The van der Waals surface area contributed by atoms with Crippen molar-refractivity contribution >= 4 is 0 Å². The predicted octanol–water partition coefficient (Wildman–Crippen LogP) is 0.764. The van der Waals surface area contributed by atoms with Crippen molar-refractivity contribution in [2.75, 3.05) is 0 Å². The van der Waals surface area contributed by atoms with Crippen molar-refractivity contribution < 1.29 is 5.11 Å². The number of benzene rings is 1. The molecule has 1 atom stereocenters. The molecule has 0 amide bonds. The fraction of sp³-hybridized carbons (Fsp3) is 0.300. The average molecular weight is 191 g/mol. The molecule has 74 valence electrons. The molecule has 0 radical (unpaired) electrons. The molecular weight excluding hydrogens is 178 g/mol. The van der Waals surface area contributed by atoms with Gasteiger partial charge in [0.05, 0.1) is 12.5 Å². The maximum atomic E-state index is 9.50. The average Bonchev–Trinajstić information content (AvgIpc) is 2.19. The van der Waals surface area contributed by atoms with Crippen molar-refractivity contribution in [3.8, 4) is 11.8 Å². The maximum Gasteiger partial charge on any atom is 0.120 e. The van der Waals surface area contributed by atoms with Gasteiger partial charge in [-0.15, -0.1) is 0 Å². The molecule has 5 N–H and O–H groups in total. The number of hydrogen-bond acceptors (Lipinski definition) is 4. The summed E-state index contributed by atoms with van der Waals surface area (Å²) in [4.78, 5) is 0. The molecule has 1 rings (SSSR count). The van der Waals surface area contributed by atoms with Crippen LogP contribution >= 0.6 is 0 Å². The minimum atomic E-state index is -0.452. The Labute approximate surface area is 82.8 Å². The summed E-state index contributed by atoms with van der Waals surface area (Å²) in [6, 6.07) is 6.53. The molecule has 0 aliphatic heterocycles. The molecule has 1 aromatic carbocycles. The van der Waals surface area contributed by atoms with E-state index in [1.807, 2.05) is 6.07 Å². The molecule has 0 bridgehead atoms. The number of nitrogens with zero attached hydrogens (tertiary/aromatic N) is 1. The standard InChI is InChI=1S/C10H13N3O/c11-4-3-9(13)8-5-7(6-12)1-2-10(8)14/h1-2,5,9,14H,3,6,12-13H2/t9-/m1/s1. The van der Waals surface area contributed by atoms with E-state index in [0.717, 1.165) is 5.56 Å². The van der Waals surface area contributed by atoms with Gasteiger partial charge in [0.15, 0.2) is 0 Å². The van der Waals surface area contributed by atoms with Crippen LogP contribution in [0.1, 0.15) is 23.6 Å². The highest BCUT2D eigenvalue weighted by molar-refractivity contribution is 5.38. The van der Waals surface area contributed by atoms with Gasteiger partial charge in [0.25, 0.3) is 0 Å². The second kappa shape index (κ2) is 4.61. The molecular formula is C10H13N3O. The normalized spacial score (nSPS) is 12.1. The van der Waals surface area contributed by atoms with Crippen LogP contribution in [0.4, 0.5) is 0 Å². The highest BCUT2D eigenvalue weighted by atomic mass is 16.3. The zero-order valence-electron chi connectivity index (χ0n) is 7.77. The van der Waals surface area contributed by atoms with Crippen LogP contribution < -0.4 is 11.5 Å². The van der Waals surface area contributed by atoms with Gasteiger partial charge in [-0.1, -0.05) is 6.07 Å². The molecule has 0 spiro atoms. The predicted molar refractivity (Wildman–Crippen MR) is 53.2 cm³/mol. The molecule has 4 nitrogen and oxygen atoms in total. The zero-order chi connectivity index (χ0) is 10.6. The van der Waals surface area contributed by atoms with Gasteiger partial charge in [-0.3, -0.25) is 0 Å². The highest BCUT2D eigenvalue weighted by Crippen LogP contribution is 2.25. The van der Waals surface area contributed by atoms with Crippen LogP contribution in [0.3, 0.4) is 0 Å². The highest BCUT2D eigenvalue weighted by Gasteiger charge is 2.10. The number of phenolic OH excluding ortho intramolecular Hbond substituents is 1. The molecule has 0 saturated heterocycles. The van der Waals surface area contributed by atoms with E-state index in [4.69, 9.17) is 16.7 Å². The number of hydrogen-bond donors (Lipinski definition) is 3. The lowest BCUT2D eigenvalue weighted by Crippen LogP contribution is -2.10. The van der Waals surface area contributed by atoms with Crippen LogP contribution in [0, 0.1) is 11.3 Å². The molecule has 4 heteroatoms. The van der Waals surface area contributed by atoms with E-state index in [2.05, 4.69) is 0 Å². The molecule has 0 fully saturated rings. The van der Waals surface area contributed by atoms with Gasteiger partial charge in [-0.2, -0.15) is 5.26 Å². The Morgan fingerprint density at radius 1 is 1.50 bits per heavy atom. The maximum absolute atomic E-state index is 9.50. The quantitative estimate of drug-likeness (QED) is 0.657. The Hall–Kier alpha value is -1.57. The molecule has 0 unspecified atom stereocenters. The monoisotopic (exact) mass is 191 g/mol. The summed E-state index contributed by atoms with van der Waals surface area (Å²) in [5, 5.41) is 18.0. The van der Waals surface area contributed by atoms with E-state index >= 15 is 0 Å². The summed E-state index contributed by atoms with van der Waals surface area (Å²) in [5.41, 5.74) is 12.6. The van der Waals surface area contributed by atoms with Gasteiger partial charge in [-0.05, 0) is 17.7 Å². The van der Waals surface area contributed by atoms with Gasteiger partial charge in [-0.25, -0.2) is 0 Å². The van der Waals surface area contributed by atoms with Crippen LogP contribution in [0.25, 0.3) is 0 Å². The fourth-order valence-corrected chi connectivity index (χ4v) is 1.24. The fourth-order valence-electron chi connectivity index (χ4n) is 1.24. The molecule has 0 saturated carbocycles. The molecule has 0 heterocycles. The second-order valence-corrected chi connectivity index (χ2v) is 3.07. The third-order valence-electron chi connectivity index (χ3n) is 2.04. The first-order valence-corrected chi connectivity index (χ1v) is 4.33. The first kappa shape index (κ1) is 10.5. The van der Waals surface area contributed by atoms with Crippen molar-refractivity contribution in [2.24, 2.45) is 11.5 Å². The van der Waals surface area contributed by atoms with Crippen molar-refractivity contribution in [3.63, 3.8) is 0 Å². The van der Waals surface area contributed by atoms with E-state index in [-0.39, 0.29) is 12.2 Å². The lowest BCUT2D eigenvalue weighted by molar-refractivity contribution is 0.461. The first-order valence-electron chi connectivity index (χ1n) is 4.33. The Balaban J connectivity index is 3.00. The topological polar surface area (TPSA) is 96.1 Å². The summed E-state index contributed by atoms with van der Waals surface area (Å²) in [6.07, 6.45) is 0.182. The molecule has 0 aromatic heterocycles. The van der Waals surface area contributed by atoms with Gasteiger partial charge < -0.3 is 16.6 Å². The number of nitrogens with two attached hydrogens (primary N) is 2. The van der Waals surface area contributed by atoms with E-state index in [9.17, 15) is 5.11 Å². The Morgan fingerprint density at radius 3 is 2.79 bits per heavy atom. The largest absolute Gasteiger partial charge is 0.508 e. The van der Waals surface area contributed by atoms with Crippen LogP contribution in [0.15, 0.2) is 18.2 Å². The van der Waals surface area contributed by atoms with Crippen molar-refractivity contribution in [3.05, 3.63) is 29.3 Å². The minimum absolute atomic E-state index is 0.116. The Morgan fingerprint density at radius 2 is 2.21 bits per heavy atom. The van der Waals surface area contributed by atoms with Gasteiger partial charge in [0.1, 0.15) is 5.75 Å². The van der Waals surface area contributed by atoms with E-state index < -0.39 is 6.04 Å². The second-order valence-electron chi connectivity index (χ2n) is 3.07. The molecule has 0 aliphatic carbocycles.